The average molecular weight is 363 g/mol. The quantitative estimate of drug-likeness (QED) is 0.373. The molecular weight excluding hydrogens is 355 g/mol. The number of halogens is 3. The number of nitrogens with zero attached hydrogens (tertiary/aromatic N) is 4. The van der Waals surface area contributed by atoms with Gasteiger partial charge in [-0.1, -0.05) is 0 Å². The fraction of sp³-hybridized carbons (Fsp3) is 0.182. The van der Waals surface area contributed by atoms with Crippen molar-refractivity contribution in [3.63, 3.8) is 0 Å². The number of aromatic nitrogens is 3. The number of methoxy groups -OCH3 is 1. The number of nitro benzene ring substituents is 1. The molecular formula is C11H8F3N5O4S. The Labute approximate surface area is 136 Å². The Kier molecular flexibility index (Phi) is 4.54. The van der Waals surface area contributed by atoms with Gasteiger partial charge in [0.25, 0.3) is 5.82 Å². The van der Waals surface area contributed by atoms with Crippen molar-refractivity contribution in [2.75, 3.05) is 7.11 Å². The molecule has 0 bridgehead atoms. The lowest BCUT2D eigenvalue weighted by Gasteiger charge is -2.06. The van der Waals surface area contributed by atoms with E-state index < -0.39 is 33.1 Å². The molecule has 0 spiro atoms. The summed E-state index contributed by atoms with van der Waals surface area (Å²) >= 11 is 4.65. The smallest absolute Gasteiger partial charge is 0.453 e. The number of hydrogen-bond acceptors (Lipinski definition) is 7. The normalized spacial score (nSPS) is 11.8. The summed E-state index contributed by atoms with van der Waals surface area (Å²) in [5.41, 5.74) is -0.685. The van der Waals surface area contributed by atoms with Gasteiger partial charge >= 0.3 is 11.9 Å². The average Bonchev–Trinajstić information content (AvgIpc) is 2.87. The number of phenolic OH excluding ortho intramolecular Hbond substituents is 1. The first-order valence-electron chi connectivity index (χ1n) is 5.99. The molecule has 0 atom stereocenters. The summed E-state index contributed by atoms with van der Waals surface area (Å²) in [6, 6.07) is 2.07. The van der Waals surface area contributed by atoms with E-state index in [9.17, 15) is 28.4 Å². The van der Waals surface area contributed by atoms with E-state index in [-0.39, 0.29) is 11.3 Å². The van der Waals surface area contributed by atoms with Gasteiger partial charge in [-0.3, -0.25) is 10.1 Å². The molecule has 24 heavy (non-hydrogen) atoms. The van der Waals surface area contributed by atoms with Crippen LogP contribution in [0.2, 0.25) is 0 Å². The minimum absolute atomic E-state index is 0.00701. The number of H-pyrrole nitrogens is 1. The lowest BCUT2D eigenvalue weighted by Crippen LogP contribution is -2.12. The van der Waals surface area contributed by atoms with Gasteiger partial charge in [0.1, 0.15) is 0 Å². The van der Waals surface area contributed by atoms with Gasteiger partial charge in [-0.25, -0.2) is 5.10 Å². The van der Waals surface area contributed by atoms with Crippen molar-refractivity contribution >= 4 is 24.1 Å². The standard InChI is InChI=1S/C11H8F3N5O4S/c1-23-7-3-5(2-6(8(7)20)19(21)22)4-15-18-9(11(12,13)14)16-17-10(18)24/h2-4,20H,1H3,(H,17,24)/b15-4-. The highest BCUT2D eigenvalue weighted by Crippen LogP contribution is 2.36. The van der Waals surface area contributed by atoms with Gasteiger partial charge < -0.3 is 9.84 Å². The van der Waals surface area contributed by atoms with Gasteiger partial charge in [0.05, 0.1) is 18.2 Å². The van der Waals surface area contributed by atoms with Crippen molar-refractivity contribution in [2.24, 2.45) is 5.10 Å². The maximum absolute atomic E-state index is 12.8. The molecule has 2 rings (SSSR count). The van der Waals surface area contributed by atoms with E-state index in [1.54, 1.807) is 0 Å². The van der Waals surface area contributed by atoms with E-state index in [4.69, 9.17) is 4.74 Å². The van der Waals surface area contributed by atoms with Crippen LogP contribution < -0.4 is 4.74 Å². The third-order valence-electron chi connectivity index (χ3n) is 2.72. The molecule has 1 heterocycles. The van der Waals surface area contributed by atoms with Gasteiger partial charge in [-0.15, -0.1) is 5.10 Å². The van der Waals surface area contributed by atoms with Crippen molar-refractivity contribution in [3.8, 4) is 11.5 Å². The molecule has 1 aromatic carbocycles. The molecule has 2 N–H and O–H groups in total. The van der Waals surface area contributed by atoms with E-state index >= 15 is 0 Å². The number of aromatic hydroxyl groups is 1. The van der Waals surface area contributed by atoms with Crippen LogP contribution in [-0.2, 0) is 6.18 Å². The Hall–Kier alpha value is -2.96. The Morgan fingerprint density at radius 1 is 1.54 bits per heavy atom. The first kappa shape index (κ1) is 17.4. The molecule has 0 radical (unpaired) electrons. The Morgan fingerprint density at radius 2 is 2.21 bits per heavy atom. The number of hydrogen-bond donors (Lipinski definition) is 2. The van der Waals surface area contributed by atoms with Gasteiger partial charge in [0, 0.05) is 11.6 Å². The van der Waals surface area contributed by atoms with Crippen molar-refractivity contribution in [1.29, 1.82) is 0 Å². The maximum Gasteiger partial charge on any atom is 0.453 e. The second-order valence-electron chi connectivity index (χ2n) is 4.25. The Morgan fingerprint density at radius 3 is 2.75 bits per heavy atom. The first-order valence-corrected chi connectivity index (χ1v) is 6.40. The highest BCUT2D eigenvalue weighted by molar-refractivity contribution is 7.71. The molecule has 0 saturated heterocycles. The number of ether oxygens (including phenoxy) is 1. The predicted octanol–water partition coefficient (Wildman–Crippen LogP) is 2.46. The van der Waals surface area contributed by atoms with Crippen molar-refractivity contribution in [1.82, 2.24) is 14.9 Å². The molecule has 0 fully saturated rings. The number of phenols is 1. The monoisotopic (exact) mass is 363 g/mol. The van der Waals surface area contributed by atoms with Gasteiger partial charge in [0.2, 0.25) is 10.5 Å². The molecule has 9 nitrogen and oxygen atoms in total. The van der Waals surface area contributed by atoms with Crippen LogP contribution in [0.1, 0.15) is 11.4 Å². The van der Waals surface area contributed by atoms with Crippen molar-refractivity contribution in [2.45, 2.75) is 6.18 Å². The highest BCUT2D eigenvalue weighted by atomic mass is 32.1. The van der Waals surface area contributed by atoms with Crippen LogP contribution in [0.3, 0.4) is 0 Å². The summed E-state index contributed by atoms with van der Waals surface area (Å²) < 4.78 is 43.0. The van der Waals surface area contributed by atoms with Gasteiger partial charge in [-0.2, -0.15) is 22.9 Å². The van der Waals surface area contributed by atoms with E-state index in [1.807, 2.05) is 5.10 Å². The lowest BCUT2D eigenvalue weighted by molar-refractivity contribution is -0.386. The first-order chi connectivity index (χ1) is 11.1. The summed E-state index contributed by atoms with van der Waals surface area (Å²) in [7, 11) is 1.16. The summed E-state index contributed by atoms with van der Waals surface area (Å²) in [4.78, 5) is 10.00. The van der Waals surface area contributed by atoms with Gasteiger partial charge in [0.15, 0.2) is 5.75 Å². The molecule has 128 valence electrons. The molecule has 1 aromatic heterocycles. The molecule has 0 saturated carbocycles. The maximum atomic E-state index is 12.8. The third-order valence-corrected chi connectivity index (χ3v) is 2.98. The molecule has 13 heteroatoms. The minimum atomic E-state index is -4.80. The summed E-state index contributed by atoms with van der Waals surface area (Å²) in [6.07, 6.45) is -3.92. The number of aromatic amines is 1. The molecule has 0 aliphatic heterocycles. The molecule has 0 aliphatic carbocycles. The topological polar surface area (TPSA) is 119 Å². The fourth-order valence-electron chi connectivity index (χ4n) is 1.69. The number of nitrogens with one attached hydrogen (secondary N) is 1. The number of rotatable bonds is 4. The van der Waals surface area contributed by atoms with Gasteiger partial charge in [-0.05, 0) is 18.3 Å². The zero-order valence-corrected chi connectivity index (χ0v) is 12.6. The van der Waals surface area contributed by atoms with Crippen LogP contribution in [0.4, 0.5) is 18.9 Å². The second-order valence-corrected chi connectivity index (χ2v) is 4.64. The molecule has 0 amide bonds. The minimum Gasteiger partial charge on any atom is -0.500 e. The summed E-state index contributed by atoms with van der Waals surface area (Å²) in [5.74, 6) is -2.34. The van der Waals surface area contributed by atoms with Crippen LogP contribution >= 0.6 is 12.2 Å². The molecule has 0 aliphatic rings. The zero-order valence-electron chi connectivity index (χ0n) is 11.7. The Balaban J connectivity index is 2.51. The van der Waals surface area contributed by atoms with Crippen molar-refractivity contribution < 1.29 is 27.9 Å². The molecule has 0 unspecified atom stereocenters. The van der Waals surface area contributed by atoms with E-state index in [1.165, 1.54) is 0 Å². The second kappa shape index (κ2) is 6.27. The van der Waals surface area contributed by atoms with E-state index in [2.05, 4.69) is 22.4 Å². The fourth-order valence-corrected chi connectivity index (χ4v) is 1.87. The van der Waals surface area contributed by atoms with Crippen LogP contribution in [0.5, 0.6) is 11.5 Å². The van der Waals surface area contributed by atoms with Crippen molar-refractivity contribution in [3.05, 3.63) is 38.4 Å². The Bertz CT molecular complexity index is 874. The number of benzene rings is 1. The lowest BCUT2D eigenvalue weighted by atomic mass is 10.2. The van der Waals surface area contributed by atoms with Crippen LogP contribution in [0, 0.1) is 14.9 Å². The van der Waals surface area contributed by atoms with Crippen LogP contribution in [-0.4, -0.2) is 38.2 Å². The SMILES string of the molecule is COc1cc(/C=N\n2c(C(F)(F)F)n[nH]c2=S)cc([N+](=O)[O-])c1O. The summed E-state index contributed by atoms with van der Waals surface area (Å²) in [6.45, 7) is 0. The van der Waals surface area contributed by atoms with Crippen LogP contribution in [0.25, 0.3) is 0 Å². The van der Waals surface area contributed by atoms with E-state index in [0.29, 0.717) is 4.68 Å². The number of alkyl halides is 3. The van der Waals surface area contributed by atoms with Crippen LogP contribution in [0.15, 0.2) is 17.2 Å². The largest absolute Gasteiger partial charge is 0.500 e. The predicted molar refractivity (Wildman–Crippen MR) is 76.7 cm³/mol. The molecule has 2 aromatic rings. The zero-order chi connectivity index (χ0) is 18.1. The van der Waals surface area contributed by atoms with E-state index in [0.717, 1.165) is 25.5 Å². The highest BCUT2D eigenvalue weighted by Gasteiger charge is 2.37. The third kappa shape index (κ3) is 3.34. The number of nitro groups is 1. The summed E-state index contributed by atoms with van der Waals surface area (Å²) in [5, 5.41) is 29.0.